The molecule has 6 heteroatoms. The van der Waals surface area contributed by atoms with Crippen molar-refractivity contribution in [3.8, 4) is 5.75 Å². The molecule has 0 saturated carbocycles. The molecule has 1 aliphatic heterocycles. The maximum absolute atomic E-state index is 11.0. The van der Waals surface area contributed by atoms with Crippen LogP contribution in [-0.4, -0.2) is 37.7 Å². The Morgan fingerprint density at radius 1 is 1.52 bits per heavy atom. The minimum absolute atomic E-state index is 0.0134. The van der Waals surface area contributed by atoms with E-state index in [2.05, 4.69) is 17.1 Å². The molecule has 6 nitrogen and oxygen atoms in total. The number of benzene rings is 1. The lowest BCUT2D eigenvalue weighted by molar-refractivity contribution is -0.385. The number of nitrogens with one attached hydrogen (secondary N) is 1. The third-order valence-corrected chi connectivity index (χ3v) is 3.87. The van der Waals surface area contributed by atoms with Gasteiger partial charge in [0.15, 0.2) is 5.75 Å². The van der Waals surface area contributed by atoms with E-state index in [9.17, 15) is 10.1 Å². The Morgan fingerprint density at radius 2 is 2.33 bits per heavy atom. The topological polar surface area (TPSA) is 67.6 Å². The predicted octanol–water partition coefficient (Wildman–Crippen LogP) is 2.57. The zero-order chi connectivity index (χ0) is 15.2. The van der Waals surface area contributed by atoms with Crippen molar-refractivity contribution in [1.29, 1.82) is 0 Å². The number of ether oxygens (including phenoxy) is 1. The zero-order valence-corrected chi connectivity index (χ0v) is 12.7. The number of hydrogen-bond donors (Lipinski definition) is 1. The van der Waals surface area contributed by atoms with E-state index in [-0.39, 0.29) is 5.69 Å². The summed E-state index contributed by atoms with van der Waals surface area (Å²) in [6, 6.07) is 5.57. The lowest BCUT2D eigenvalue weighted by Crippen LogP contribution is -2.46. The summed E-state index contributed by atoms with van der Waals surface area (Å²) in [7, 11) is 1.47. The second-order valence-corrected chi connectivity index (χ2v) is 5.31. The molecule has 1 aliphatic rings. The fourth-order valence-electron chi connectivity index (χ4n) is 2.86. The van der Waals surface area contributed by atoms with E-state index in [0.29, 0.717) is 11.8 Å². The van der Waals surface area contributed by atoms with Crippen molar-refractivity contribution in [1.82, 2.24) is 5.32 Å². The van der Waals surface area contributed by atoms with Crippen LogP contribution in [0.5, 0.6) is 5.75 Å². The molecule has 21 heavy (non-hydrogen) atoms. The molecule has 0 aliphatic carbocycles. The molecule has 0 amide bonds. The fraction of sp³-hybridized carbons (Fsp3) is 0.600. The van der Waals surface area contributed by atoms with Gasteiger partial charge in [-0.3, -0.25) is 10.1 Å². The monoisotopic (exact) mass is 293 g/mol. The number of nitrogens with zero attached hydrogens (tertiary/aromatic N) is 2. The van der Waals surface area contributed by atoms with Gasteiger partial charge < -0.3 is 15.0 Å². The van der Waals surface area contributed by atoms with Crippen LogP contribution < -0.4 is 15.0 Å². The van der Waals surface area contributed by atoms with Crippen molar-refractivity contribution < 1.29 is 9.66 Å². The fourth-order valence-corrected chi connectivity index (χ4v) is 2.86. The number of piperidine rings is 1. The summed E-state index contributed by atoms with van der Waals surface area (Å²) in [6.45, 7) is 5.11. The first-order valence-electron chi connectivity index (χ1n) is 7.47. The highest BCUT2D eigenvalue weighted by Crippen LogP contribution is 2.32. The molecule has 0 bridgehead atoms. The lowest BCUT2D eigenvalue weighted by Gasteiger charge is -2.36. The van der Waals surface area contributed by atoms with E-state index < -0.39 is 4.92 Å². The summed E-state index contributed by atoms with van der Waals surface area (Å²) >= 11 is 0. The number of anilines is 1. The highest BCUT2D eigenvalue weighted by molar-refractivity contribution is 5.59. The second kappa shape index (κ2) is 7.26. The first-order chi connectivity index (χ1) is 10.2. The molecule has 0 radical (unpaired) electrons. The van der Waals surface area contributed by atoms with E-state index in [0.717, 1.165) is 44.6 Å². The molecule has 1 aromatic carbocycles. The van der Waals surface area contributed by atoms with Crippen LogP contribution in [0.2, 0.25) is 0 Å². The predicted molar refractivity (Wildman–Crippen MR) is 83.2 cm³/mol. The average Bonchev–Trinajstić information content (AvgIpc) is 2.52. The van der Waals surface area contributed by atoms with Crippen molar-refractivity contribution in [3.63, 3.8) is 0 Å². The number of rotatable bonds is 6. The van der Waals surface area contributed by atoms with Gasteiger partial charge in [0.05, 0.1) is 12.0 Å². The molecule has 0 spiro atoms. The lowest BCUT2D eigenvalue weighted by atomic mass is 10.0. The zero-order valence-electron chi connectivity index (χ0n) is 12.7. The molecule has 1 unspecified atom stereocenters. The van der Waals surface area contributed by atoms with Gasteiger partial charge in [0.2, 0.25) is 0 Å². The molecule has 1 fully saturated rings. The molecule has 1 saturated heterocycles. The van der Waals surface area contributed by atoms with E-state index in [4.69, 9.17) is 4.74 Å². The highest BCUT2D eigenvalue weighted by atomic mass is 16.6. The number of nitro groups is 1. The van der Waals surface area contributed by atoms with Crippen LogP contribution in [0.1, 0.15) is 26.2 Å². The maximum atomic E-state index is 11.0. The Morgan fingerprint density at radius 3 is 2.90 bits per heavy atom. The molecular formula is C15H23N3O3. The molecule has 1 N–H and O–H groups in total. The Hall–Kier alpha value is -1.82. The van der Waals surface area contributed by atoms with E-state index in [1.807, 2.05) is 6.07 Å². The Bertz CT molecular complexity index is 487. The van der Waals surface area contributed by atoms with E-state index >= 15 is 0 Å². The largest absolute Gasteiger partial charge is 0.490 e. The first kappa shape index (κ1) is 15.6. The van der Waals surface area contributed by atoms with Crippen molar-refractivity contribution in [2.75, 3.05) is 31.6 Å². The quantitative estimate of drug-likeness (QED) is 0.645. The van der Waals surface area contributed by atoms with Crippen LogP contribution in [0.4, 0.5) is 11.4 Å². The Labute approximate surface area is 125 Å². The second-order valence-electron chi connectivity index (χ2n) is 5.31. The first-order valence-corrected chi connectivity index (χ1v) is 7.47. The molecule has 1 heterocycles. The van der Waals surface area contributed by atoms with Crippen LogP contribution in [0.25, 0.3) is 0 Å². The molecule has 0 aromatic heterocycles. The molecule has 1 atom stereocenters. The van der Waals surface area contributed by atoms with Gasteiger partial charge in [-0.05, 0) is 31.9 Å². The van der Waals surface area contributed by atoms with Gasteiger partial charge in [0.1, 0.15) is 0 Å². The van der Waals surface area contributed by atoms with Gasteiger partial charge in [0, 0.05) is 37.0 Å². The number of nitro benzene ring substituents is 1. The Kier molecular flexibility index (Phi) is 5.38. The van der Waals surface area contributed by atoms with Gasteiger partial charge in [-0.25, -0.2) is 0 Å². The van der Waals surface area contributed by atoms with Crippen molar-refractivity contribution in [2.24, 2.45) is 0 Å². The van der Waals surface area contributed by atoms with E-state index in [1.54, 1.807) is 6.07 Å². The van der Waals surface area contributed by atoms with E-state index in [1.165, 1.54) is 13.2 Å². The van der Waals surface area contributed by atoms with Gasteiger partial charge in [0.25, 0.3) is 0 Å². The summed E-state index contributed by atoms with van der Waals surface area (Å²) in [6.07, 6.45) is 3.34. The summed E-state index contributed by atoms with van der Waals surface area (Å²) in [5.74, 6) is 0.322. The third-order valence-electron chi connectivity index (χ3n) is 3.87. The van der Waals surface area contributed by atoms with Gasteiger partial charge in [-0.15, -0.1) is 0 Å². The Balaban J connectivity index is 2.28. The van der Waals surface area contributed by atoms with Gasteiger partial charge in [-0.1, -0.05) is 6.92 Å². The van der Waals surface area contributed by atoms with Crippen LogP contribution in [0.15, 0.2) is 18.2 Å². The van der Waals surface area contributed by atoms with Gasteiger partial charge in [-0.2, -0.15) is 0 Å². The van der Waals surface area contributed by atoms with Crippen LogP contribution in [0, 0.1) is 10.1 Å². The van der Waals surface area contributed by atoms with Crippen molar-refractivity contribution in [3.05, 3.63) is 28.3 Å². The van der Waals surface area contributed by atoms with Crippen LogP contribution in [-0.2, 0) is 0 Å². The summed E-state index contributed by atoms with van der Waals surface area (Å²) < 4.78 is 5.18. The summed E-state index contributed by atoms with van der Waals surface area (Å²) in [5, 5.41) is 14.4. The molecular weight excluding hydrogens is 270 g/mol. The average molecular weight is 293 g/mol. The standard InChI is InChI=1S/C15H23N3O3/c1-3-9-17(13-5-4-8-16-11-13)12-6-7-14(18(19)20)15(10-12)21-2/h6-7,10,13,16H,3-5,8-9,11H2,1-2H3. The highest BCUT2D eigenvalue weighted by Gasteiger charge is 2.23. The molecule has 2 rings (SSSR count). The summed E-state index contributed by atoms with van der Waals surface area (Å²) in [5.41, 5.74) is 1.01. The molecule has 116 valence electrons. The van der Waals surface area contributed by atoms with Crippen LogP contribution in [0.3, 0.4) is 0 Å². The normalized spacial score (nSPS) is 18.3. The van der Waals surface area contributed by atoms with Crippen molar-refractivity contribution >= 4 is 11.4 Å². The minimum Gasteiger partial charge on any atom is -0.490 e. The summed E-state index contributed by atoms with van der Waals surface area (Å²) in [4.78, 5) is 12.9. The smallest absolute Gasteiger partial charge is 0.311 e. The van der Waals surface area contributed by atoms with Crippen LogP contribution >= 0.6 is 0 Å². The van der Waals surface area contributed by atoms with Crippen molar-refractivity contribution in [2.45, 2.75) is 32.2 Å². The third kappa shape index (κ3) is 3.64. The maximum Gasteiger partial charge on any atom is 0.311 e. The minimum atomic E-state index is -0.408. The number of methoxy groups -OCH3 is 1. The SMILES string of the molecule is CCCN(c1ccc([N+](=O)[O-])c(OC)c1)C1CCCNC1. The number of hydrogen-bond acceptors (Lipinski definition) is 5. The molecule has 1 aromatic rings. The van der Waals surface area contributed by atoms with Gasteiger partial charge >= 0.3 is 5.69 Å².